The molecular formula is C29H32N4O6S. The molecule has 1 heterocycles. The van der Waals surface area contributed by atoms with Crippen molar-refractivity contribution in [2.75, 3.05) is 13.2 Å². The average molecular weight is 565 g/mol. The van der Waals surface area contributed by atoms with Crippen molar-refractivity contribution in [1.29, 1.82) is 0 Å². The molecule has 2 unspecified atom stereocenters. The molecular weight excluding hydrogens is 532 g/mol. The summed E-state index contributed by atoms with van der Waals surface area (Å²) in [5, 5.41) is 8.11. The lowest BCUT2D eigenvalue weighted by molar-refractivity contribution is -0.130. The average Bonchev–Trinajstić information content (AvgIpc) is 3.84. The summed E-state index contributed by atoms with van der Waals surface area (Å²) >= 11 is 0. The molecule has 6 rings (SSSR count). The molecule has 2 saturated carbocycles. The summed E-state index contributed by atoms with van der Waals surface area (Å²) in [4.78, 5) is 38.6. The maximum atomic E-state index is 13.1. The summed E-state index contributed by atoms with van der Waals surface area (Å²) < 4.78 is 32.3. The first kappa shape index (κ1) is 26.5. The Morgan fingerprint density at radius 3 is 2.30 bits per heavy atom. The highest BCUT2D eigenvalue weighted by molar-refractivity contribution is 7.91. The van der Waals surface area contributed by atoms with Crippen LogP contribution in [-0.2, 0) is 24.3 Å². The zero-order chi connectivity index (χ0) is 28.1. The molecule has 10 nitrogen and oxygen atoms in total. The zero-order valence-corrected chi connectivity index (χ0v) is 22.7. The predicted octanol–water partition coefficient (Wildman–Crippen LogP) is 1.92. The maximum absolute atomic E-state index is 13.1. The molecule has 4 aliphatic rings. The fourth-order valence-electron chi connectivity index (χ4n) is 5.88. The van der Waals surface area contributed by atoms with E-state index in [1.165, 1.54) is 0 Å². The molecule has 0 radical (unpaired) electrons. The number of sulfonamides is 1. The Morgan fingerprint density at radius 2 is 1.70 bits per heavy atom. The molecule has 3 aliphatic carbocycles. The number of alkyl carbamates (subject to hydrolysis) is 1. The second-order valence-electron chi connectivity index (χ2n) is 11.0. The van der Waals surface area contributed by atoms with Crippen LogP contribution in [0.1, 0.15) is 42.7 Å². The van der Waals surface area contributed by atoms with Crippen molar-refractivity contribution in [3.63, 3.8) is 0 Å². The van der Waals surface area contributed by atoms with Gasteiger partial charge in [-0.3, -0.25) is 14.3 Å². The van der Waals surface area contributed by atoms with Crippen LogP contribution < -0.4 is 20.7 Å². The van der Waals surface area contributed by atoms with E-state index in [9.17, 15) is 22.8 Å². The smallest absolute Gasteiger partial charge is 0.407 e. The van der Waals surface area contributed by atoms with Crippen LogP contribution in [0.5, 0.6) is 0 Å². The van der Waals surface area contributed by atoms with Gasteiger partial charge in [0.1, 0.15) is 12.1 Å². The topological polar surface area (TPSA) is 143 Å². The van der Waals surface area contributed by atoms with Crippen LogP contribution >= 0.6 is 0 Å². The van der Waals surface area contributed by atoms with Gasteiger partial charge in [0, 0.05) is 24.4 Å². The summed E-state index contributed by atoms with van der Waals surface area (Å²) in [5.74, 6) is -1.58. The van der Waals surface area contributed by atoms with E-state index in [2.05, 4.69) is 51.5 Å². The summed E-state index contributed by atoms with van der Waals surface area (Å²) in [6.07, 6.45) is 2.61. The van der Waals surface area contributed by atoms with Gasteiger partial charge >= 0.3 is 6.09 Å². The summed E-state index contributed by atoms with van der Waals surface area (Å²) in [7, 11) is -3.75. The number of hydrogen-bond acceptors (Lipinski definition) is 7. The Hall–Kier alpha value is -3.70. The van der Waals surface area contributed by atoms with Crippen molar-refractivity contribution in [2.45, 2.75) is 54.5 Å². The van der Waals surface area contributed by atoms with Crippen molar-refractivity contribution < 1.29 is 27.5 Å². The largest absolute Gasteiger partial charge is 0.449 e. The minimum Gasteiger partial charge on any atom is -0.449 e. The normalized spacial score (nSPS) is 26.8. The number of nitrogens with one attached hydrogen (secondary N) is 4. The standard InChI is InChI=1S/C29H32N4O6S/c1-2-17-14-29(17,27(35)33-40(37,38)19-11-12-19)32-26(34)25-13-18(15-30-25)31-28(36)39-16-24-22-9-5-3-7-20(22)21-8-4-6-10-23(21)24/h2-10,17-19,24-25,30H,1,11-16H2,(H,31,36)(H,32,34)(H,33,35)/t17?,18-,25+,29?/m1/s1. The van der Waals surface area contributed by atoms with Gasteiger partial charge in [-0.25, -0.2) is 13.2 Å². The molecule has 0 aromatic heterocycles. The van der Waals surface area contributed by atoms with Gasteiger partial charge in [0.05, 0.1) is 11.3 Å². The first-order valence-electron chi connectivity index (χ1n) is 13.6. The Morgan fingerprint density at radius 1 is 1.05 bits per heavy atom. The van der Waals surface area contributed by atoms with Crippen molar-refractivity contribution in [1.82, 2.24) is 20.7 Å². The molecule has 210 valence electrons. The van der Waals surface area contributed by atoms with Gasteiger partial charge in [-0.1, -0.05) is 54.6 Å². The Kier molecular flexibility index (Phi) is 6.66. The molecule has 4 atom stereocenters. The predicted molar refractivity (Wildman–Crippen MR) is 148 cm³/mol. The maximum Gasteiger partial charge on any atom is 0.407 e. The lowest BCUT2D eigenvalue weighted by Crippen LogP contribution is -2.55. The number of carbonyl (C=O) groups is 3. The van der Waals surface area contributed by atoms with Crippen LogP contribution in [0.3, 0.4) is 0 Å². The molecule has 1 saturated heterocycles. The van der Waals surface area contributed by atoms with Gasteiger partial charge in [0.25, 0.3) is 5.91 Å². The molecule has 11 heteroatoms. The van der Waals surface area contributed by atoms with Crippen LogP contribution in [0.15, 0.2) is 61.2 Å². The van der Waals surface area contributed by atoms with E-state index in [0.29, 0.717) is 25.8 Å². The summed E-state index contributed by atoms with van der Waals surface area (Å²) in [6, 6.07) is 15.2. The first-order chi connectivity index (χ1) is 19.2. The number of ether oxygens (including phenoxy) is 1. The third-order valence-electron chi connectivity index (χ3n) is 8.36. The van der Waals surface area contributed by atoms with Gasteiger partial charge < -0.3 is 20.7 Å². The van der Waals surface area contributed by atoms with Gasteiger partial charge in [0.15, 0.2) is 0 Å². The van der Waals surface area contributed by atoms with E-state index < -0.39 is 44.8 Å². The molecule has 4 N–H and O–H groups in total. The lowest BCUT2D eigenvalue weighted by atomic mass is 9.98. The zero-order valence-electron chi connectivity index (χ0n) is 21.9. The molecule has 0 spiro atoms. The molecule has 3 amide bonds. The molecule has 0 bridgehead atoms. The Balaban J connectivity index is 1.02. The highest BCUT2D eigenvalue weighted by Gasteiger charge is 2.61. The van der Waals surface area contributed by atoms with Gasteiger partial charge in [-0.15, -0.1) is 6.58 Å². The van der Waals surface area contributed by atoms with Crippen LogP contribution in [0, 0.1) is 5.92 Å². The third kappa shape index (κ3) is 4.88. The van der Waals surface area contributed by atoms with Crippen LogP contribution in [0.2, 0.25) is 0 Å². The van der Waals surface area contributed by atoms with E-state index >= 15 is 0 Å². The van der Waals surface area contributed by atoms with Crippen LogP contribution in [0.4, 0.5) is 4.79 Å². The SMILES string of the molecule is C=CC1CC1(NC(=O)[C@@H]1C[C@@H](NC(=O)OCC2c3ccccc3-c3ccccc32)CN1)C(=O)NS(=O)(=O)C1CC1. The molecule has 3 fully saturated rings. The van der Waals surface area contributed by atoms with E-state index in [1.807, 2.05) is 24.3 Å². The molecule has 40 heavy (non-hydrogen) atoms. The van der Waals surface area contributed by atoms with E-state index in [4.69, 9.17) is 4.74 Å². The number of fused-ring (bicyclic) bond motifs is 3. The second kappa shape index (κ2) is 10.0. The van der Waals surface area contributed by atoms with Crippen LogP contribution in [-0.4, -0.2) is 62.3 Å². The third-order valence-corrected chi connectivity index (χ3v) is 10.2. The van der Waals surface area contributed by atoms with Gasteiger partial charge in [-0.05, 0) is 47.9 Å². The number of carbonyl (C=O) groups excluding carboxylic acids is 3. The minimum atomic E-state index is -3.75. The molecule has 1 aliphatic heterocycles. The fraction of sp³-hybridized carbons (Fsp3) is 0.414. The van der Waals surface area contributed by atoms with Crippen molar-refractivity contribution >= 4 is 27.9 Å². The number of benzene rings is 2. The fourth-order valence-corrected chi connectivity index (χ4v) is 7.24. The summed E-state index contributed by atoms with van der Waals surface area (Å²) in [6.45, 7) is 4.25. The Bertz CT molecular complexity index is 1440. The van der Waals surface area contributed by atoms with Crippen molar-refractivity contribution in [3.05, 3.63) is 72.3 Å². The quantitative estimate of drug-likeness (QED) is 0.341. The highest BCUT2D eigenvalue weighted by Crippen LogP contribution is 2.46. The lowest BCUT2D eigenvalue weighted by Gasteiger charge is -2.21. The highest BCUT2D eigenvalue weighted by atomic mass is 32.2. The molecule has 2 aromatic carbocycles. The van der Waals surface area contributed by atoms with Crippen molar-refractivity contribution in [3.8, 4) is 11.1 Å². The van der Waals surface area contributed by atoms with E-state index in [1.54, 1.807) is 6.08 Å². The second-order valence-corrected chi connectivity index (χ2v) is 13.0. The number of rotatable bonds is 9. The van der Waals surface area contributed by atoms with Crippen LogP contribution in [0.25, 0.3) is 11.1 Å². The van der Waals surface area contributed by atoms with E-state index in [0.717, 1.165) is 22.3 Å². The Labute approximate surface area is 233 Å². The first-order valence-corrected chi connectivity index (χ1v) is 15.1. The molecule has 2 aromatic rings. The van der Waals surface area contributed by atoms with E-state index in [-0.39, 0.29) is 30.9 Å². The minimum absolute atomic E-state index is 0.0548. The summed E-state index contributed by atoms with van der Waals surface area (Å²) in [5.41, 5.74) is 3.20. The number of hydrogen-bond donors (Lipinski definition) is 4. The van der Waals surface area contributed by atoms with Gasteiger partial charge in [-0.2, -0.15) is 0 Å². The number of amides is 3. The monoisotopic (exact) mass is 564 g/mol. The van der Waals surface area contributed by atoms with Crippen molar-refractivity contribution in [2.24, 2.45) is 5.92 Å². The van der Waals surface area contributed by atoms with Gasteiger partial charge in [0.2, 0.25) is 15.9 Å².